The number of nitrogens with zero attached hydrogens (tertiary/aromatic N) is 1. The molecule has 1 aromatic rings. The Kier molecular flexibility index (Phi) is 2.06. The van der Waals surface area contributed by atoms with E-state index >= 15 is 0 Å². The SMILES string of the molecule is C[C@@H](Cl)c1ccncc1. The van der Waals surface area contributed by atoms with Crippen molar-refractivity contribution in [3.63, 3.8) is 0 Å². The van der Waals surface area contributed by atoms with Gasteiger partial charge in [-0.15, -0.1) is 11.6 Å². The van der Waals surface area contributed by atoms with Gasteiger partial charge in [-0.3, -0.25) is 4.98 Å². The fourth-order valence-electron chi connectivity index (χ4n) is 0.629. The van der Waals surface area contributed by atoms with Gasteiger partial charge in [-0.1, -0.05) is 0 Å². The van der Waals surface area contributed by atoms with E-state index in [1.54, 1.807) is 12.4 Å². The number of halogens is 1. The molecule has 0 N–H and O–H groups in total. The summed E-state index contributed by atoms with van der Waals surface area (Å²) < 4.78 is 0. The molecule has 0 spiro atoms. The third-order valence-electron chi connectivity index (χ3n) is 1.17. The second-order valence-corrected chi connectivity index (χ2v) is 2.55. The van der Waals surface area contributed by atoms with Gasteiger partial charge < -0.3 is 0 Å². The quantitative estimate of drug-likeness (QED) is 0.548. The zero-order valence-electron chi connectivity index (χ0n) is 5.21. The van der Waals surface area contributed by atoms with Crippen molar-refractivity contribution in [2.75, 3.05) is 0 Å². The van der Waals surface area contributed by atoms with Crippen molar-refractivity contribution in [1.82, 2.24) is 4.98 Å². The monoisotopic (exact) mass is 141 g/mol. The van der Waals surface area contributed by atoms with Gasteiger partial charge in [0.2, 0.25) is 0 Å². The second kappa shape index (κ2) is 2.83. The van der Waals surface area contributed by atoms with E-state index in [2.05, 4.69) is 4.98 Å². The molecule has 0 radical (unpaired) electrons. The molecular formula is C7H8ClN. The Hall–Kier alpha value is -0.560. The molecule has 0 unspecified atom stereocenters. The van der Waals surface area contributed by atoms with E-state index in [1.165, 1.54) is 0 Å². The van der Waals surface area contributed by atoms with Crippen molar-refractivity contribution in [3.05, 3.63) is 30.1 Å². The fraction of sp³-hybridized carbons (Fsp3) is 0.286. The Morgan fingerprint density at radius 2 is 2.00 bits per heavy atom. The van der Waals surface area contributed by atoms with Gasteiger partial charge in [-0.25, -0.2) is 0 Å². The molecule has 0 aliphatic heterocycles. The molecular weight excluding hydrogens is 134 g/mol. The molecule has 0 aliphatic rings. The first-order valence-corrected chi connectivity index (χ1v) is 3.28. The number of rotatable bonds is 1. The summed E-state index contributed by atoms with van der Waals surface area (Å²) in [5.41, 5.74) is 1.12. The summed E-state index contributed by atoms with van der Waals surface area (Å²) >= 11 is 5.78. The van der Waals surface area contributed by atoms with Crippen molar-refractivity contribution in [3.8, 4) is 0 Å². The lowest BCUT2D eigenvalue weighted by Crippen LogP contribution is -1.82. The van der Waals surface area contributed by atoms with Crippen LogP contribution in [0.3, 0.4) is 0 Å². The minimum atomic E-state index is 0.0907. The predicted molar refractivity (Wildman–Crippen MR) is 38.5 cm³/mol. The molecule has 9 heavy (non-hydrogen) atoms. The van der Waals surface area contributed by atoms with E-state index in [4.69, 9.17) is 11.6 Å². The average molecular weight is 142 g/mol. The Morgan fingerprint density at radius 3 is 2.33 bits per heavy atom. The van der Waals surface area contributed by atoms with Crippen LogP contribution in [0.5, 0.6) is 0 Å². The van der Waals surface area contributed by atoms with Crippen molar-refractivity contribution in [2.24, 2.45) is 0 Å². The van der Waals surface area contributed by atoms with Crippen molar-refractivity contribution in [1.29, 1.82) is 0 Å². The normalized spacial score (nSPS) is 13.1. The van der Waals surface area contributed by atoms with E-state index in [0.29, 0.717) is 0 Å². The zero-order valence-corrected chi connectivity index (χ0v) is 5.97. The largest absolute Gasteiger partial charge is 0.265 e. The summed E-state index contributed by atoms with van der Waals surface area (Å²) in [6.45, 7) is 1.94. The summed E-state index contributed by atoms with van der Waals surface area (Å²) in [5.74, 6) is 0. The lowest BCUT2D eigenvalue weighted by atomic mass is 10.2. The topological polar surface area (TPSA) is 12.9 Å². The molecule has 48 valence electrons. The molecule has 1 nitrogen and oxygen atoms in total. The highest BCUT2D eigenvalue weighted by atomic mass is 35.5. The van der Waals surface area contributed by atoms with Crippen LogP contribution in [0.2, 0.25) is 0 Å². The first-order valence-electron chi connectivity index (χ1n) is 2.84. The zero-order chi connectivity index (χ0) is 6.69. The maximum absolute atomic E-state index is 5.78. The highest BCUT2D eigenvalue weighted by Crippen LogP contribution is 2.16. The molecule has 2 heteroatoms. The minimum Gasteiger partial charge on any atom is -0.265 e. The fourth-order valence-corrected chi connectivity index (χ4v) is 0.774. The molecule has 0 aromatic carbocycles. The van der Waals surface area contributed by atoms with Gasteiger partial charge in [0.1, 0.15) is 0 Å². The molecule has 1 atom stereocenters. The Bertz CT molecular complexity index is 172. The highest BCUT2D eigenvalue weighted by Gasteiger charge is 1.96. The third kappa shape index (κ3) is 1.68. The smallest absolute Gasteiger partial charge is 0.0558 e. The summed E-state index contributed by atoms with van der Waals surface area (Å²) in [4.78, 5) is 3.87. The van der Waals surface area contributed by atoms with Crippen LogP contribution in [0.25, 0.3) is 0 Å². The summed E-state index contributed by atoms with van der Waals surface area (Å²) in [7, 11) is 0. The standard InChI is InChI=1S/C7H8ClN/c1-6(8)7-2-4-9-5-3-7/h2-6H,1H3/t6-/m1/s1. The van der Waals surface area contributed by atoms with Gasteiger partial charge in [-0.05, 0) is 24.6 Å². The van der Waals surface area contributed by atoms with Gasteiger partial charge in [-0.2, -0.15) is 0 Å². The van der Waals surface area contributed by atoms with E-state index < -0.39 is 0 Å². The van der Waals surface area contributed by atoms with Crippen LogP contribution >= 0.6 is 11.6 Å². The lowest BCUT2D eigenvalue weighted by molar-refractivity contribution is 1.07. The van der Waals surface area contributed by atoms with Gasteiger partial charge in [0.15, 0.2) is 0 Å². The highest BCUT2D eigenvalue weighted by molar-refractivity contribution is 6.20. The summed E-state index contributed by atoms with van der Waals surface area (Å²) in [6, 6.07) is 3.83. The van der Waals surface area contributed by atoms with E-state index in [9.17, 15) is 0 Å². The van der Waals surface area contributed by atoms with Crippen LogP contribution < -0.4 is 0 Å². The van der Waals surface area contributed by atoms with Crippen molar-refractivity contribution in [2.45, 2.75) is 12.3 Å². The van der Waals surface area contributed by atoms with Crippen molar-refractivity contribution >= 4 is 11.6 Å². The van der Waals surface area contributed by atoms with Crippen LogP contribution in [-0.4, -0.2) is 4.98 Å². The van der Waals surface area contributed by atoms with Crippen LogP contribution in [-0.2, 0) is 0 Å². The molecule has 1 rings (SSSR count). The van der Waals surface area contributed by atoms with Crippen molar-refractivity contribution < 1.29 is 0 Å². The van der Waals surface area contributed by atoms with Crippen LogP contribution in [0.1, 0.15) is 17.9 Å². The number of pyridine rings is 1. The average Bonchev–Trinajstić information content (AvgIpc) is 1.90. The van der Waals surface area contributed by atoms with Crippen LogP contribution in [0.15, 0.2) is 24.5 Å². The molecule has 1 heterocycles. The molecule has 0 aliphatic carbocycles. The molecule has 0 amide bonds. The van der Waals surface area contributed by atoms with Gasteiger partial charge in [0.05, 0.1) is 5.38 Å². The summed E-state index contributed by atoms with van der Waals surface area (Å²) in [5, 5.41) is 0.0907. The lowest BCUT2D eigenvalue weighted by Gasteiger charge is -1.98. The molecule has 0 saturated heterocycles. The Balaban J connectivity index is 2.85. The van der Waals surface area contributed by atoms with Gasteiger partial charge >= 0.3 is 0 Å². The third-order valence-corrected chi connectivity index (χ3v) is 1.42. The maximum atomic E-state index is 5.78. The molecule has 0 bridgehead atoms. The molecule has 1 aromatic heterocycles. The minimum absolute atomic E-state index is 0.0907. The van der Waals surface area contributed by atoms with E-state index in [1.807, 2.05) is 19.1 Å². The van der Waals surface area contributed by atoms with Crippen LogP contribution in [0.4, 0.5) is 0 Å². The summed E-state index contributed by atoms with van der Waals surface area (Å²) in [6.07, 6.45) is 3.49. The van der Waals surface area contributed by atoms with Gasteiger partial charge in [0, 0.05) is 12.4 Å². The van der Waals surface area contributed by atoms with E-state index in [0.717, 1.165) is 5.56 Å². The number of aromatic nitrogens is 1. The van der Waals surface area contributed by atoms with E-state index in [-0.39, 0.29) is 5.38 Å². The Morgan fingerprint density at radius 1 is 1.44 bits per heavy atom. The molecule has 0 saturated carbocycles. The first-order chi connectivity index (χ1) is 4.30. The number of alkyl halides is 1. The number of hydrogen-bond acceptors (Lipinski definition) is 1. The van der Waals surface area contributed by atoms with Crippen LogP contribution in [0, 0.1) is 0 Å². The maximum Gasteiger partial charge on any atom is 0.0558 e. The second-order valence-electron chi connectivity index (χ2n) is 1.90. The van der Waals surface area contributed by atoms with Gasteiger partial charge in [0.25, 0.3) is 0 Å². The predicted octanol–water partition coefficient (Wildman–Crippen LogP) is 2.38. The first kappa shape index (κ1) is 6.56. The number of hydrogen-bond donors (Lipinski definition) is 0. The Labute approximate surface area is 59.7 Å². The molecule has 0 fully saturated rings.